The Balaban J connectivity index is 4.44. The first kappa shape index (κ1) is 77.1. The molecule has 0 spiro atoms. The Morgan fingerprint density at radius 2 is 0.481 bits per heavy atom. The maximum Gasteiger partial charge on any atom is 0.306 e. The molecule has 0 aliphatic rings. The highest BCUT2D eigenvalue weighted by Crippen LogP contribution is 2.16. The van der Waals surface area contributed by atoms with Crippen molar-refractivity contribution >= 4 is 17.9 Å². The van der Waals surface area contributed by atoms with Crippen LogP contribution in [-0.2, 0) is 28.6 Å². The molecular formula is C75H128O6. The van der Waals surface area contributed by atoms with Gasteiger partial charge in [-0.15, -0.1) is 0 Å². The van der Waals surface area contributed by atoms with Gasteiger partial charge < -0.3 is 14.2 Å². The monoisotopic (exact) mass is 1120 g/mol. The van der Waals surface area contributed by atoms with Crippen molar-refractivity contribution in [2.45, 2.75) is 335 Å². The Morgan fingerprint density at radius 3 is 0.790 bits per heavy atom. The zero-order chi connectivity index (χ0) is 58.5. The van der Waals surface area contributed by atoms with Gasteiger partial charge in [-0.25, -0.2) is 0 Å². The third-order valence-corrected chi connectivity index (χ3v) is 14.7. The van der Waals surface area contributed by atoms with Gasteiger partial charge in [0, 0.05) is 19.3 Å². The second-order valence-corrected chi connectivity index (χ2v) is 22.7. The van der Waals surface area contributed by atoms with Crippen LogP contribution < -0.4 is 0 Å². The number of unbranched alkanes of at least 4 members (excludes halogenated alkanes) is 33. The lowest BCUT2D eigenvalue weighted by Crippen LogP contribution is -2.30. The quantitative estimate of drug-likeness (QED) is 0.0261. The molecule has 0 rings (SSSR count). The van der Waals surface area contributed by atoms with E-state index in [1.54, 1.807) is 0 Å². The van der Waals surface area contributed by atoms with Crippen LogP contribution in [0.25, 0.3) is 0 Å². The predicted molar refractivity (Wildman–Crippen MR) is 353 cm³/mol. The molecule has 0 amide bonds. The Bertz CT molecular complexity index is 1620. The second-order valence-electron chi connectivity index (χ2n) is 22.7. The molecule has 0 saturated carbocycles. The molecule has 0 aliphatic carbocycles. The maximum absolute atomic E-state index is 13.0. The lowest BCUT2D eigenvalue weighted by atomic mass is 10.1. The van der Waals surface area contributed by atoms with Crippen molar-refractivity contribution in [1.29, 1.82) is 0 Å². The third-order valence-electron chi connectivity index (χ3n) is 14.7. The summed E-state index contributed by atoms with van der Waals surface area (Å²) in [7, 11) is 0. The number of rotatable bonds is 62. The zero-order valence-corrected chi connectivity index (χ0v) is 53.3. The molecule has 1 unspecified atom stereocenters. The van der Waals surface area contributed by atoms with E-state index in [0.717, 1.165) is 116 Å². The fourth-order valence-corrected chi connectivity index (χ4v) is 9.59. The number of hydrogen-bond acceptors (Lipinski definition) is 6. The highest BCUT2D eigenvalue weighted by atomic mass is 16.6. The van der Waals surface area contributed by atoms with Gasteiger partial charge in [0.1, 0.15) is 13.2 Å². The summed E-state index contributed by atoms with van der Waals surface area (Å²) < 4.78 is 17.0. The summed E-state index contributed by atoms with van der Waals surface area (Å²) in [5, 5.41) is 0. The lowest BCUT2D eigenvalue weighted by molar-refractivity contribution is -0.167. The minimum absolute atomic E-state index is 0.0893. The summed E-state index contributed by atoms with van der Waals surface area (Å²) in [5.41, 5.74) is 0. The molecule has 0 aromatic rings. The summed E-state index contributed by atoms with van der Waals surface area (Å²) in [6.07, 6.45) is 93.8. The highest BCUT2D eigenvalue weighted by molar-refractivity contribution is 5.71. The number of esters is 3. The van der Waals surface area contributed by atoms with E-state index >= 15 is 0 Å². The van der Waals surface area contributed by atoms with Gasteiger partial charge in [-0.2, -0.15) is 0 Å². The standard InChI is InChI=1S/C75H128O6/c1-4-7-10-13-16-19-22-25-28-31-34-36-37-39-41-44-47-50-53-56-59-62-65-68-74(77)80-71-72(70-79-73(76)67-64-61-58-55-52-49-46-43-40-33-30-27-24-21-18-15-12-9-6-3)81-75(78)69-66-63-60-57-54-51-48-45-42-38-35-32-29-26-23-20-17-14-11-8-5-2/h7,10,16,18-19,21,25,27-28,30,32,34-36,39,41,47,50,72H,4-6,8-9,11-15,17,20,22-24,26,29,31,33,37-38,40,42-46,48-49,51-71H2,1-3H3/b10-7-,19-16-,21-18-,28-25-,30-27-,35-32-,36-34-,41-39-,50-47-. The summed E-state index contributed by atoms with van der Waals surface area (Å²) in [6.45, 7) is 6.51. The first-order valence-electron chi connectivity index (χ1n) is 34.4. The molecule has 6 nitrogen and oxygen atoms in total. The van der Waals surface area contributed by atoms with Crippen LogP contribution in [0.3, 0.4) is 0 Å². The third kappa shape index (κ3) is 66.8. The van der Waals surface area contributed by atoms with Crippen molar-refractivity contribution in [3.63, 3.8) is 0 Å². The van der Waals surface area contributed by atoms with Crippen molar-refractivity contribution in [3.05, 3.63) is 109 Å². The van der Waals surface area contributed by atoms with Crippen molar-refractivity contribution in [2.75, 3.05) is 13.2 Å². The molecule has 6 heteroatoms. The smallest absolute Gasteiger partial charge is 0.306 e. The van der Waals surface area contributed by atoms with Gasteiger partial charge in [0.05, 0.1) is 0 Å². The van der Waals surface area contributed by atoms with Gasteiger partial charge in [0.2, 0.25) is 0 Å². The Kier molecular flexibility index (Phi) is 65.2. The Morgan fingerprint density at radius 1 is 0.259 bits per heavy atom. The van der Waals surface area contributed by atoms with Gasteiger partial charge in [0.25, 0.3) is 0 Å². The van der Waals surface area contributed by atoms with Crippen LogP contribution >= 0.6 is 0 Å². The van der Waals surface area contributed by atoms with Gasteiger partial charge in [-0.05, 0) is 128 Å². The molecule has 0 saturated heterocycles. The maximum atomic E-state index is 13.0. The number of carbonyl (C=O) groups is 3. The molecular weight excluding hydrogens is 997 g/mol. The molecule has 1 atom stereocenters. The topological polar surface area (TPSA) is 78.9 Å². The van der Waals surface area contributed by atoms with Crippen LogP contribution in [0, 0.1) is 0 Å². The van der Waals surface area contributed by atoms with Gasteiger partial charge >= 0.3 is 17.9 Å². The van der Waals surface area contributed by atoms with Crippen LogP contribution in [0.2, 0.25) is 0 Å². The molecule has 0 fully saturated rings. The fourth-order valence-electron chi connectivity index (χ4n) is 9.59. The number of ether oxygens (including phenoxy) is 3. The van der Waals surface area contributed by atoms with E-state index in [0.29, 0.717) is 19.3 Å². The molecule has 0 aromatic heterocycles. The van der Waals surface area contributed by atoms with Crippen LogP contribution in [0.4, 0.5) is 0 Å². The van der Waals surface area contributed by atoms with Crippen molar-refractivity contribution in [1.82, 2.24) is 0 Å². The van der Waals surface area contributed by atoms with Crippen LogP contribution in [0.1, 0.15) is 329 Å². The van der Waals surface area contributed by atoms with Gasteiger partial charge in [0.15, 0.2) is 6.10 Å². The van der Waals surface area contributed by atoms with E-state index in [2.05, 4.69) is 130 Å². The normalized spacial score (nSPS) is 12.8. The van der Waals surface area contributed by atoms with E-state index < -0.39 is 6.10 Å². The van der Waals surface area contributed by atoms with E-state index in [1.807, 2.05) is 0 Å². The van der Waals surface area contributed by atoms with Crippen LogP contribution in [-0.4, -0.2) is 37.2 Å². The minimum Gasteiger partial charge on any atom is -0.462 e. The van der Waals surface area contributed by atoms with E-state index in [1.165, 1.54) is 173 Å². The summed E-state index contributed by atoms with van der Waals surface area (Å²) >= 11 is 0. The molecule has 0 aliphatic heterocycles. The average Bonchev–Trinajstić information content (AvgIpc) is 3.47. The zero-order valence-electron chi connectivity index (χ0n) is 53.3. The first-order chi connectivity index (χ1) is 40.0. The van der Waals surface area contributed by atoms with Crippen LogP contribution in [0.15, 0.2) is 109 Å². The SMILES string of the molecule is CC/C=C\C/C=C\C/C=C\C/C=C\C/C=C\C/C=C\CCCCCCC(=O)OCC(COC(=O)CCCCCCCCCCC/C=C\C/C=C\CCCCC)OC(=O)CCCCCCCCCCC/C=C\CCCCCCCCCC. The average molecular weight is 1130 g/mol. The molecule has 0 radical (unpaired) electrons. The predicted octanol–water partition coefficient (Wildman–Crippen LogP) is 23.8. The molecule has 0 heterocycles. The lowest BCUT2D eigenvalue weighted by Gasteiger charge is -2.18. The molecule has 81 heavy (non-hydrogen) atoms. The van der Waals surface area contributed by atoms with Crippen LogP contribution in [0.5, 0.6) is 0 Å². The van der Waals surface area contributed by atoms with Gasteiger partial charge in [-0.1, -0.05) is 291 Å². The molecule has 0 N–H and O–H groups in total. The summed E-state index contributed by atoms with van der Waals surface area (Å²) in [4.78, 5) is 38.5. The summed E-state index contributed by atoms with van der Waals surface area (Å²) in [5.74, 6) is -0.909. The summed E-state index contributed by atoms with van der Waals surface area (Å²) in [6, 6.07) is 0. The Labute approximate surface area is 501 Å². The fraction of sp³-hybridized carbons (Fsp3) is 0.720. The van der Waals surface area contributed by atoms with E-state index in [4.69, 9.17) is 14.2 Å². The largest absolute Gasteiger partial charge is 0.462 e. The van der Waals surface area contributed by atoms with E-state index in [-0.39, 0.29) is 31.1 Å². The highest BCUT2D eigenvalue weighted by Gasteiger charge is 2.19. The molecule has 0 aromatic carbocycles. The van der Waals surface area contributed by atoms with Crippen molar-refractivity contribution < 1.29 is 28.6 Å². The number of hydrogen-bond donors (Lipinski definition) is 0. The molecule has 464 valence electrons. The Hall–Kier alpha value is -3.93. The van der Waals surface area contributed by atoms with E-state index in [9.17, 15) is 14.4 Å². The second kappa shape index (κ2) is 68.6. The minimum atomic E-state index is -0.796. The number of allylic oxidation sites excluding steroid dienone is 18. The van der Waals surface area contributed by atoms with Crippen molar-refractivity contribution in [3.8, 4) is 0 Å². The first-order valence-corrected chi connectivity index (χ1v) is 34.4. The number of carbonyl (C=O) groups excluding carboxylic acids is 3. The molecule has 0 bridgehead atoms. The van der Waals surface area contributed by atoms with Crippen molar-refractivity contribution in [2.24, 2.45) is 0 Å². The van der Waals surface area contributed by atoms with Gasteiger partial charge in [-0.3, -0.25) is 14.4 Å².